The molecule has 1 fully saturated rings. The molecule has 0 spiro atoms. The van der Waals surface area contributed by atoms with Crippen molar-refractivity contribution in [1.82, 2.24) is 20.2 Å². The Bertz CT molecular complexity index is 837. The maximum atomic E-state index is 12.3. The number of carbonyl (C=O) groups excluding carboxylic acids is 1. The van der Waals surface area contributed by atoms with Crippen LogP contribution >= 0.6 is 0 Å². The van der Waals surface area contributed by atoms with E-state index in [0.717, 1.165) is 18.7 Å². The number of aryl methyl sites for hydroxylation is 1. The van der Waals surface area contributed by atoms with Gasteiger partial charge in [-0.25, -0.2) is 4.98 Å². The third kappa shape index (κ3) is 5.50. The first kappa shape index (κ1) is 20.2. The minimum absolute atomic E-state index is 0.000226. The second-order valence-corrected chi connectivity index (χ2v) is 7.28. The topological polar surface area (TPSA) is 87.3 Å². The summed E-state index contributed by atoms with van der Waals surface area (Å²) in [5.74, 6) is 0.878. The van der Waals surface area contributed by atoms with E-state index in [4.69, 9.17) is 4.74 Å². The van der Waals surface area contributed by atoms with Crippen molar-refractivity contribution in [2.75, 3.05) is 26.8 Å². The van der Waals surface area contributed by atoms with Crippen molar-refractivity contribution in [1.29, 1.82) is 0 Å². The van der Waals surface area contributed by atoms with Crippen molar-refractivity contribution in [2.24, 2.45) is 0 Å². The maximum Gasteiger partial charge on any atom is 0.251 e. The van der Waals surface area contributed by atoms with E-state index in [-0.39, 0.29) is 23.4 Å². The van der Waals surface area contributed by atoms with Crippen LogP contribution in [-0.2, 0) is 16.1 Å². The van der Waals surface area contributed by atoms with Crippen LogP contribution in [0.3, 0.4) is 0 Å². The quantitative estimate of drug-likeness (QED) is 0.757. The van der Waals surface area contributed by atoms with Gasteiger partial charge in [-0.05, 0) is 25.5 Å². The molecule has 0 bridgehead atoms. The highest BCUT2D eigenvalue weighted by Crippen LogP contribution is 2.29. The number of hydrogen-bond donors (Lipinski definition) is 2. The molecule has 0 aliphatic carbocycles. The SMILES string of the molecule is COCCC(=O)N[C@H]1CN(Cc2cc(=O)[nH]c(C)n2)CC[C@H]1c1ccccc1. The largest absolute Gasteiger partial charge is 0.384 e. The smallest absolute Gasteiger partial charge is 0.251 e. The summed E-state index contributed by atoms with van der Waals surface area (Å²) in [6.07, 6.45) is 1.28. The lowest BCUT2D eigenvalue weighted by atomic mass is 9.85. The molecule has 1 saturated heterocycles. The Morgan fingerprint density at radius 3 is 2.86 bits per heavy atom. The normalized spacial score (nSPS) is 20.1. The van der Waals surface area contributed by atoms with Gasteiger partial charge in [-0.2, -0.15) is 0 Å². The summed E-state index contributed by atoms with van der Waals surface area (Å²) in [6.45, 7) is 4.39. The predicted octanol–water partition coefficient (Wildman–Crippen LogP) is 1.59. The van der Waals surface area contributed by atoms with Crippen LogP contribution in [0.15, 0.2) is 41.2 Å². The average molecular weight is 384 g/mol. The fourth-order valence-electron chi connectivity index (χ4n) is 3.83. The van der Waals surface area contributed by atoms with Crippen molar-refractivity contribution >= 4 is 5.91 Å². The Labute approximate surface area is 165 Å². The number of methoxy groups -OCH3 is 1. The highest BCUT2D eigenvalue weighted by Gasteiger charge is 2.31. The van der Waals surface area contributed by atoms with E-state index in [9.17, 15) is 9.59 Å². The third-order valence-corrected chi connectivity index (χ3v) is 5.10. The van der Waals surface area contributed by atoms with E-state index in [1.807, 2.05) is 18.2 Å². The molecule has 1 aliphatic heterocycles. The first-order valence-corrected chi connectivity index (χ1v) is 9.67. The number of hydrogen-bond acceptors (Lipinski definition) is 5. The van der Waals surface area contributed by atoms with Crippen molar-refractivity contribution in [2.45, 2.75) is 38.3 Å². The van der Waals surface area contributed by atoms with Crippen LogP contribution in [0.5, 0.6) is 0 Å². The Morgan fingerprint density at radius 1 is 1.36 bits per heavy atom. The summed E-state index contributed by atoms with van der Waals surface area (Å²) in [4.78, 5) is 33.4. The highest BCUT2D eigenvalue weighted by atomic mass is 16.5. The molecular formula is C21H28N4O3. The van der Waals surface area contributed by atoms with Gasteiger partial charge >= 0.3 is 0 Å². The number of aromatic amines is 1. The molecule has 1 aromatic heterocycles. The zero-order valence-corrected chi connectivity index (χ0v) is 16.5. The third-order valence-electron chi connectivity index (χ3n) is 5.10. The van der Waals surface area contributed by atoms with Crippen LogP contribution in [0.1, 0.15) is 35.8 Å². The molecule has 7 heteroatoms. The Hall–Kier alpha value is -2.51. The minimum atomic E-state index is -0.133. The molecule has 3 rings (SSSR count). The van der Waals surface area contributed by atoms with Gasteiger partial charge < -0.3 is 15.0 Å². The standard InChI is InChI=1S/C21H28N4O3/c1-15-22-17(12-21(27)23-15)13-25-10-8-18(16-6-4-3-5-7-16)19(14-25)24-20(26)9-11-28-2/h3-7,12,18-19H,8-11,13-14H2,1-2H3,(H,24,26)(H,22,23,27)/t18-,19-/m0/s1. The second-order valence-electron chi connectivity index (χ2n) is 7.28. The molecule has 2 heterocycles. The van der Waals surface area contributed by atoms with Gasteiger partial charge in [0.2, 0.25) is 5.91 Å². The summed E-state index contributed by atoms with van der Waals surface area (Å²) in [5, 5.41) is 3.19. The number of aromatic nitrogens is 2. The van der Waals surface area contributed by atoms with Gasteiger partial charge in [0.25, 0.3) is 5.56 Å². The van der Waals surface area contributed by atoms with Gasteiger partial charge in [0.1, 0.15) is 5.82 Å². The summed E-state index contributed by atoms with van der Waals surface area (Å²) in [7, 11) is 1.60. The number of carbonyl (C=O) groups is 1. The summed E-state index contributed by atoms with van der Waals surface area (Å²) >= 11 is 0. The Kier molecular flexibility index (Phi) is 6.95. The zero-order chi connectivity index (χ0) is 19.9. The van der Waals surface area contributed by atoms with Crippen LogP contribution in [0.25, 0.3) is 0 Å². The molecule has 7 nitrogen and oxygen atoms in total. The first-order chi connectivity index (χ1) is 13.5. The second kappa shape index (κ2) is 9.61. The van der Waals surface area contributed by atoms with Crippen molar-refractivity contribution < 1.29 is 9.53 Å². The van der Waals surface area contributed by atoms with Gasteiger partial charge in [0.05, 0.1) is 12.3 Å². The Morgan fingerprint density at radius 2 is 2.14 bits per heavy atom. The molecule has 1 aromatic carbocycles. The molecule has 2 N–H and O–H groups in total. The van der Waals surface area contributed by atoms with Gasteiger partial charge in [0, 0.05) is 44.6 Å². The number of H-pyrrole nitrogens is 1. The van der Waals surface area contributed by atoms with Crippen LogP contribution in [0.4, 0.5) is 0 Å². The molecule has 2 atom stereocenters. The van der Waals surface area contributed by atoms with Crippen molar-refractivity contribution in [3.63, 3.8) is 0 Å². The molecule has 1 amide bonds. The van der Waals surface area contributed by atoms with Crippen LogP contribution in [0.2, 0.25) is 0 Å². The maximum absolute atomic E-state index is 12.3. The lowest BCUT2D eigenvalue weighted by Crippen LogP contribution is -2.51. The lowest BCUT2D eigenvalue weighted by Gasteiger charge is -2.39. The highest BCUT2D eigenvalue weighted by molar-refractivity contribution is 5.76. The van der Waals surface area contributed by atoms with E-state index < -0.39 is 0 Å². The molecule has 150 valence electrons. The molecule has 2 aromatic rings. The summed E-state index contributed by atoms with van der Waals surface area (Å²) in [6, 6.07) is 11.9. The Balaban J connectivity index is 1.73. The van der Waals surface area contributed by atoms with Gasteiger partial charge in [-0.15, -0.1) is 0 Å². The van der Waals surface area contributed by atoms with Crippen molar-refractivity contribution in [3.8, 4) is 0 Å². The monoisotopic (exact) mass is 384 g/mol. The van der Waals surface area contributed by atoms with E-state index in [2.05, 4.69) is 32.3 Å². The number of nitrogens with one attached hydrogen (secondary N) is 2. The summed E-state index contributed by atoms with van der Waals surface area (Å²) < 4.78 is 5.02. The molecule has 0 radical (unpaired) electrons. The fraction of sp³-hybridized carbons (Fsp3) is 0.476. The fourth-order valence-corrected chi connectivity index (χ4v) is 3.83. The predicted molar refractivity (Wildman–Crippen MR) is 107 cm³/mol. The minimum Gasteiger partial charge on any atom is -0.384 e. The number of piperidine rings is 1. The van der Waals surface area contributed by atoms with Crippen molar-refractivity contribution in [3.05, 3.63) is 63.8 Å². The average Bonchev–Trinajstić information content (AvgIpc) is 2.66. The lowest BCUT2D eigenvalue weighted by molar-refractivity contribution is -0.123. The van der Waals surface area contributed by atoms with Gasteiger partial charge in [-0.1, -0.05) is 30.3 Å². The molecular weight excluding hydrogens is 356 g/mol. The van der Waals surface area contributed by atoms with E-state index in [0.29, 0.717) is 31.9 Å². The van der Waals surface area contributed by atoms with E-state index >= 15 is 0 Å². The van der Waals surface area contributed by atoms with Crippen LogP contribution in [-0.4, -0.2) is 53.6 Å². The van der Waals surface area contributed by atoms with Gasteiger partial charge in [0.15, 0.2) is 0 Å². The molecule has 0 saturated carbocycles. The number of amides is 1. The van der Waals surface area contributed by atoms with Crippen LogP contribution < -0.4 is 10.9 Å². The van der Waals surface area contributed by atoms with E-state index in [1.165, 1.54) is 5.56 Å². The first-order valence-electron chi connectivity index (χ1n) is 9.67. The molecule has 0 unspecified atom stereocenters. The molecule has 28 heavy (non-hydrogen) atoms. The number of ether oxygens (including phenoxy) is 1. The zero-order valence-electron chi connectivity index (χ0n) is 16.5. The van der Waals surface area contributed by atoms with E-state index in [1.54, 1.807) is 20.1 Å². The number of likely N-dealkylation sites (tertiary alicyclic amines) is 1. The molecule has 1 aliphatic rings. The summed E-state index contributed by atoms with van der Waals surface area (Å²) in [5.41, 5.74) is 1.86. The number of nitrogens with zero attached hydrogens (tertiary/aromatic N) is 2. The number of benzene rings is 1. The van der Waals surface area contributed by atoms with Gasteiger partial charge in [-0.3, -0.25) is 14.5 Å². The van der Waals surface area contributed by atoms with Crippen LogP contribution in [0, 0.1) is 6.92 Å². The number of rotatable bonds is 7.